The van der Waals surface area contributed by atoms with Crippen molar-refractivity contribution in [2.24, 2.45) is 0 Å². The molecule has 0 aliphatic rings. The van der Waals surface area contributed by atoms with Gasteiger partial charge in [-0.15, -0.1) is 11.3 Å². The summed E-state index contributed by atoms with van der Waals surface area (Å²) in [6.07, 6.45) is 0. The van der Waals surface area contributed by atoms with Gasteiger partial charge in [0.05, 0.1) is 6.61 Å². The number of sulfonamides is 1. The monoisotopic (exact) mass is 340 g/mol. The van der Waals surface area contributed by atoms with Crippen LogP contribution in [0.5, 0.6) is 0 Å². The summed E-state index contributed by atoms with van der Waals surface area (Å²) in [5.41, 5.74) is 0.958. The molecule has 0 bridgehead atoms. The number of carbonyl (C=O) groups excluding carboxylic acids is 1. The molecule has 1 aromatic carbocycles. The van der Waals surface area contributed by atoms with Crippen molar-refractivity contribution in [3.8, 4) is 10.6 Å². The van der Waals surface area contributed by atoms with Crippen molar-refractivity contribution in [3.05, 3.63) is 41.4 Å². The summed E-state index contributed by atoms with van der Waals surface area (Å²) >= 11 is 1.28. The fourth-order valence-corrected chi connectivity index (χ4v) is 3.38. The third-order valence-electron chi connectivity index (χ3n) is 2.92. The van der Waals surface area contributed by atoms with E-state index < -0.39 is 21.2 Å². The summed E-state index contributed by atoms with van der Waals surface area (Å²) in [4.78, 5) is 16.2. The fourth-order valence-electron chi connectivity index (χ4n) is 1.70. The molecular formula is C14H16N2O4S2. The molecule has 1 atom stereocenters. The molecule has 2 aromatic rings. The van der Waals surface area contributed by atoms with Gasteiger partial charge >= 0.3 is 0 Å². The van der Waals surface area contributed by atoms with Gasteiger partial charge in [-0.25, -0.2) is 18.1 Å². The minimum atomic E-state index is -3.79. The van der Waals surface area contributed by atoms with Gasteiger partial charge in [-0.2, -0.15) is 0 Å². The summed E-state index contributed by atoms with van der Waals surface area (Å²) in [5.74, 6) is -0.735. The van der Waals surface area contributed by atoms with Gasteiger partial charge < -0.3 is 4.74 Å². The van der Waals surface area contributed by atoms with Crippen LogP contribution in [0.2, 0.25) is 0 Å². The van der Waals surface area contributed by atoms with Gasteiger partial charge in [0.1, 0.15) is 16.0 Å². The van der Waals surface area contributed by atoms with Crippen molar-refractivity contribution in [3.63, 3.8) is 0 Å². The topological polar surface area (TPSA) is 85.4 Å². The summed E-state index contributed by atoms with van der Waals surface area (Å²) in [6, 6.07) is 9.37. The third-order valence-corrected chi connectivity index (χ3v) is 5.48. The van der Waals surface area contributed by atoms with Crippen molar-refractivity contribution < 1.29 is 17.9 Å². The zero-order valence-electron chi connectivity index (χ0n) is 12.1. The molecule has 0 saturated heterocycles. The van der Waals surface area contributed by atoms with Crippen LogP contribution >= 0.6 is 11.3 Å². The molecule has 0 spiro atoms. The number of aromatic nitrogens is 1. The van der Waals surface area contributed by atoms with E-state index in [0.717, 1.165) is 5.56 Å². The summed E-state index contributed by atoms with van der Waals surface area (Å²) in [6.45, 7) is 1.48. The maximum Gasteiger partial charge on any atom is 0.284 e. The zero-order chi connectivity index (χ0) is 16.2. The number of thiazole rings is 1. The highest BCUT2D eigenvalue weighted by Crippen LogP contribution is 2.23. The molecule has 1 heterocycles. The lowest BCUT2D eigenvalue weighted by atomic mass is 10.2. The van der Waals surface area contributed by atoms with Crippen molar-refractivity contribution >= 4 is 27.3 Å². The Labute approximate surface area is 133 Å². The van der Waals surface area contributed by atoms with Crippen LogP contribution in [0.3, 0.4) is 0 Å². The van der Waals surface area contributed by atoms with Crippen LogP contribution < -0.4 is 4.72 Å². The Bertz CT molecular complexity index is 741. The fraction of sp³-hybridized carbons (Fsp3) is 0.286. The molecule has 8 heteroatoms. The number of nitrogens with one attached hydrogen (secondary N) is 1. The van der Waals surface area contributed by atoms with E-state index in [1.807, 2.05) is 35.1 Å². The Morgan fingerprint density at radius 1 is 1.36 bits per heavy atom. The molecule has 1 aromatic heterocycles. The van der Waals surface area contributed by atoms with E-state index >= 15 is 0 Å². The van der Waals surface area contributed by atoms with Crippen molar-refractivity contribution in [2.75, 3.05) is 13.7 Å². The predicted molar refractivity (Wildman–Crippen MR) is 85.3 cm³/mol. The molecule has 6 nitrogen and oxygen atoms in total. The first-order valence-corrected chi connectivity index (χ1v) is 8.92. The average Bonchev–Trinajstić information content (AvgIpc) is 2.98. The molecule has 0 radical (unpaired) electrons. The van der Waals surface area contributed by atoms with E-state index in [0.29, 0.717) is 5.01 Å². The van der Waals surface area contributed by atoms with E-state index in [4.69, 9.17) is 4.74 Å². The normalized spacial score (nSPS) is 12.8. The molecule has 1 amide bonds. The lowest BCUT2D eigenvalue weighted by molar-refractivity contribution is 0.0976. The quantitative estimate of drug-likeness (QED) is 0.868. The number of hydrogen-bond acceptors (Lipinski definition) is 6. The number of rotatable bonds is 6. The number of nitrogens with zero attached hydrogens (tertiary/aromatic N) is 1. The van der Waals surface area contributed by atoms with Gasteiger partial charge in [-0.3, -0.25) is 4.79 Å². The van der Waals surface area contributed by atoms with Crippen LogP contribution in [0.25, 0.3) is 10.6 Å². The SMILES string of the molecule is COC[C@@H](C)S(=O)(=O)NC(=O)c1csc(-c2ccccc2)n1. The van der Waals surface area contributed by atoms with E-state index in [2.05, 4.69) is 4.98 Å². The molecule has 0 fully saturated rings. The summed E-state index contributed by atoms with van der Waals surface area (Å²) < 4.78 is 30.7. The van der Waals surface area contributed by atoms with Gasteiger partial charge in [0, 0.05) is 18.1 Å². The Balaban J connectivity index is 2.13. The number of methoxy groups -OCH3 is 1. The summed E-state index contributed by atoms with van der Waals surface area (Å²) in [5, 5.41) is 1.37. The largest absolute Gasteiger partial charge is 0.383 e. The lowest BCUT2D eigenvalue weighted by Crippen LogP contribution is -2.39. The van der Waals surface area contributed by atoms with Crippen molar-refractivity contribution in [1.29, 1.82) is 0 Å². The number of ether oxygens (including phenoxy) is 1. The average molecular weight is 340 g/mol. The minimum Gasteiger partial charge on any atom is -0.383 e. The number of amides is 1. The smallest absolute Gasteiger partial charge is 0.284 e. The minimum absolute atomic E-state index is 0.00887. The highest BCUT2D eigenvalue weighted by atomic mass is 32.2. The van der Waals surface area contributed by atoms with Crippen LogP contribution in [-0.4, -0.2) is 38.3 Å². The van der Waals surface area contributed by atoms with E-state index in [1.54, 1.807) is 0 Å². The third kappa shape index (κ3) is 3.90. The van der Waals surface area contributed by atoms with Gasteiger partial charge in [-0.05, 0) is 6.92 Å². The second kappa shape index (κ2) is 6.99. The second-order valence-electron chi connectivity index (χ2n) is 4.65. The molecule has 0 saturated carbocycles. The molecule has 0 aliphatic carbocycles. The van der Waals surface area contributed by atoms with E-state index in [-0.39, 0.29) is 12.3 Å². The molecular weight excluding hydrogens is 324 g/mol. The molecule has 22 heavy (non-hydrogen) atoms. The Morgan fingerprint density at radius 2 is 2.05 bits per heavy atom. The zero-order valence-corrected chi connectivity index (χ0v) is 13.8. The van der Waals surface area contributed by atoms with Gasteiger partial charge in [0.25, 0.3) is 5.91 Å². The molecule has 2 rings (SSSR count). The first-order chi connectivity index (χ1) is 10.4. The van der Waals surface area contributed by atoms with Crippen LogP contribution in [0.1, 0.15) is 17.4 Å². The number of carbonyl (C=O) groups is 1. The van der Waals surface area contributed by atoms with E-state index in [1.165, 1.54) is 30.8 Å². The van der Waals surface area contributed by atoms with Crippen LogP contribution in [-0.2, 0) is 14.8 Å². The molecule has 118 valence electrons. The lowest BCUT2D eigenvalue weighted by Gasteiger charge is -2.11. The molecule has 1 N–H and O–H groups in total. The standard InChI is InChI=1S/C14H16N2O4S2/c1-10(8-20-2)22(18,19)16-13(17)12-9-21-14(15-12)11-6-4-3-5-7-11/h3-7,9-10H,8H2,1-2H3,(H,16,17)/t10-/m1/s1. The maximum atomic E-state index is 12.0. The highest BCUT2D eigenvalue weighted by molar-refractivity contribution is 7.90. The van der Waals surface area contributed by atoms with Crippen LogP contribution in [0.15, 0.2) is 35.7 Å². The Morgan fingerprint density at radius 3 is 2.68 bits per heavy atom. The number of benzene rings is 1. The maximum absolute atomic E-state index is 12.0. The first-order valence-electron chi connectivity index (χ1n) is 6.50. The summed E-state index contributed by atoms with van der Waals surface area (Å²) in [7, 11) is -2.38. The predicted octanol–water partition coefficient (Wildman–Crippen LogP) is 1.90. The van der Waals surface area contributed by atoms with Crippen molar-refractivity contribution in [2.45, 2.75) is 12.2 Å². The highest BCUT2D eigenvalue weighted by Gasteiger charge is 2.24. The second-order valence-corrected chi connectivity index (χ2v) is 7.60. The molecule has 0 unspecified atom stereocenters. The Hall–Kier alpha value is -1.77. The van der Waals surface area contributed by atoms with E-state index in [9.17, 15) is 13.2 Å². The van der Waals surface area contributed by atoms with Crippen LogP contribution in [0, 0.1) is 0 Å². The van der Waals surface area contributed by atoms with Gasteiger partial charge in [0.2, 0.25) is 10.0 Å². The first kappa shape index (κ1) is 16.6. The van der Waals surface area contributed by atoms with Gasteiger partial charge in [0.15, 0.2) is 0 Å². The van der Waals surface area contributed by atoms with Crippen molar-refractivity contribution in [1.82, 2.24) is 9.71 Å². The Kier molecular flexibility index (Phi) is 5.28. The van der Waals surface area contributed by atoms with Crippen LogP contribution in [0.4, 0.5) is 0 Å². The molecule has 0 aliphatic heterocycles. The van der Waals surface area contributed by atoms with Gasteiger partial charge in [-0.1, -0.05) is 30.3 Å². The number of hydrogen-bond donors (Lipinski definition) is 1.